The van der Waals surface area contributed by atoms with E-state index in [2.05, 4.69) is 10.0 Å². The van der Waals surface area contributed by atoms with E-state index in [1.807, 2.05) is 32.0 Å². The van der Waals surface area contributed by atoms with Crippen LogP contribution in [0.2, 0.25) is 0 Å². The summed E-state index contributed by atoms with van der Waals surface area (Å²) >= 11 is 0. The Kier molecular flexibility index (Phi) is 7.37. The molecule has 1 amide bonds. The maximum Gasteiger partial charge on any atom is 0.262 e. The van der Waals surface area contributed by atoms with Crippen LogP contribution < -0.4 is 19.5 Å². The van der Waals surface area contributed by atoms with Gasteiger partial charge >= 0.3 is 0 Å². The zero-order valence-electron chi connectivity index (χ0n) is 18.2. The molecule has 0 atom stereocenters. The monoisotopic (exact) mass is 454 g/mol. The Bertz CT molecular complexity index is 1190. The van der Waals surface area contributed by atoms with E-state index in [4.69, 9.17) is 9.47 Å². The topological polar surface area (TPSA) is 93.7 Å². The minimum atomic E-state index is -3.75. The van der Waals surface area contributed by atoms with Gasteiger partial charge in [-0.25, -0.2) is 8.42 Å². The number of nitrogens with one attached hydrogen (secondary N) is 2. The zero-order valence-corrected chi connectivity index (χ0v) is 19.0. The molecule has 2 N–H and O–H groups in total. The van der Waals surface area contributed by atoms with Crippen molar-refractivity contribution in [2.45, 2.75) is 25.7 Å². The Balaban J connectivity index is 1.64. The van der Waals surface area contributed by atoms with E-state index in [1.165, 1.54) is 12.1 Å². The first-order valence-corrected chi connectivity index (χ1v) is 11.6. The van der Waals surface area contributed by atoms with Crippen molar-refractivity contribution in [1.29, 1.82) is 0 Å². The highest BCUT2D eigenvalue weighted by atomic mass is 32.2. The average Bonchev–Trinajstić information content (AvgIpc) is 2.76. The molecule has 32 heavy (non-hydrogen) atoms. The van der Waals surface area contributed by atoms with Crippen LogP contribution >= 0.6 is 0 Å². The van der Waals surface area contributed by atoms with E-state index < -0.39 is 10.0 Å². The fraction of sp³-hybridized carbons (Fsp3) is 0.208. The first-order valence-electron chi connectivity index (χ1n) is 10.1. The number of sulfonamides is 1. The van der Waals surface area contributed by atoms with Crippen LogP contribution in [-0.2, 0) is 14.8 Å². The molecule has 3 aromatic carbocycles. The van der Waals surface area contributed by atoms with Crippen molar-refractivity contribution in [1.82, 2.24) is 0 Å². The second-order valence-electron chi connectivity index (χ2n) is 7.16. The number of carbonyl (C=O) groups excluding carboxylic acids is 1. The number of anilines is 2. The summed E-state index contributed by atoms with van der Waals surface area (Å²) in [5, 5.41) is 2.76. The van der Waals surface area contributed by atoms with Crippen LogP contribution in [0.3, 0.4) is 0 Å². The molecule has 0 aliphatic heterocycles. The van der Waals surface area contributed by atoms with Crippen molar-refractivity contribution in [3.63, 3.8) is 0 Å². The maximum atomic E-state index is 12.7. The molecule has 0 radical (unpaired) electrons. The van der Waals surface area contributed by atoms with Crippen molar-refractivity contribution < 1.29 is 22.7 Å². The van der Waals surface area contributed by atoms with Crippen LogP contribution in [0, 0.1) is 13.8 Å². The molecule has 0 aliphatic rings. The van der Waals surface area contributed by atoms with Crippen LogP contribution in [-0.4, -0.2) is 27.5 Å². The number of aryl methyl sites for hydroxylation is 2. The van der Waals surface area contributed by atoms with Gasteiger partial charge in [0.2, 0.25) is 0 Å². The Morgan fingerprint density at radius 2 is 1.62 bits per heavy atom. The smallest absolute Gasteiger partial charge is 0.262 e. The quantitative estimate of drug-likeness (QED) is 0.496. The SMILES string of the molecule is CCOc1ccccc1NC(=O)COc1ccc(S(=O)(=O)Nc2ccc(C)cc2)cc1C. The van der Waals surface area contributed by atoms with Crippen LogP contribution in [0.25, 0.3) is 0 Å². The van der Waals surface area contributed by atoms with Crippen molar-refractivity contribution in [2.75, 3.05) is 23.3 Å². The van der Waals surface area contributed by atoms with E-state index in [-0.39, 0.29) is 17.4 Å². The molecule has 0 fully saturated rings. The lowest BCUT2D eigenvalue weighted by Gasteiger charge is -2.14. The lowest BCUT2D eigenvalue weighted by Crippen LogP contribution is -2.21. The summed E-state index contributed by atoms with van der Waals surface area (Å²) in [6.45, 7) is 5.77. The van der Waals surface area contributed by atoms with Gasteiger partial charge in [-0.2, -0.15) is 0 Å². The minimum absolute atomic E-state index is 0.109. The van der Waals surface area contributed by atoms with Crippen molar-refractivity contribution in [3.05, 3.63) is 77.9 Å². The summed E-state index contributed by atoms with van der Waals surface area (Å²) in [6, 6.07) is 18.7. The summed E-state index contributed by atoms with van der Waals surface area (Å²) in [6.07, 6.45) is 0. The highest BCUT2D eigenvalue weighted by molar-refractivity contribution is 7.92. The lowest BCUT2D eigenvalue weighted by molar-refractivity contribution is -0.118. The molecular weight excluding hydrogens is 428 g/mol. The molecule has 0 spiro atoms. The van der Waals surface area contributed by atoms with Crippen molar-refractivity contribution >= 4 is 27.3 Å². The normalized spacial score (nSPS) is 11.0. The molecule has 0 aromatic heterocycles. The average molecular weight is 455 g/mol. The van der Waals surface area contributed by atoms with E-state index in [1.54, 1.807) is 43.3 Å². The number of para-hydroxylation sites is 2. The number of rotatable bonds is 9. The molecule has 0 heterocycles. The standard InChI is InChI=1S/C24H26N2O5S/c1-4-30-23-8-6-5-7-21(23)25-24(27)16-31-22-14-13-20(15-18(22)3)32(28,29)26-19-11-9-17(2)10-12-19/h5-15,26H,4,16H2,1-3H3,(H,25,27). The molecular formula is C24H26N2O5S. The van der Waals surface area contributed by atoms with Gasteiger partial charge < -0.3 is 14.8 Å². The highest BCUT2D eigenvalue weighted by Crippen LogP contribution is 2.25. The molecule has 0 bridgehead atoms. The number of ether oxygens (including phenoxy) is 2. The van der Waals surface area contributed by atoms with Gasteiger partial charge in [0.15, 0.2) is 6.61 Å². The number of carbonyl (C=O) groups is 1. The van der Waals surface area contributed by atoms with Crippen LogP contribution in [0.1, 0.15) is 18.1 Å². The third kappa shape index (κ3) is 6.01. The molecule has 0 saturated carbocycles. The first-order chi connectivity index (χ1) is 15.3. The predicted molar refractivity (Wildman–Crippen MR) is 125 cm³/mol. The molecule has 168 valence electrons. The summed E-state index contributed by atoms with van der Waals surface area (Å²) in [7, 11) is -3.75. The van der Waals surface area contributed by atoms with Crippen molar-refractivity contribution in [2.24, 2.45) is 0 Å². The van der Waals surface area contributed by atoms with Gasteiger partial charge in [0.05, 0.1) is 17.2 Å². The minimum Gasteiger partial charge on any atom is -0.492 e. The van der Waals surface area contributed by atoms with Gasteiger partial charge in [-0.3, -0.25) is 9.52 Å². The predicted octanol–water partition coefficient (Wildman–Crippen LogP) is 4.52. The van der Waals surface area contributed by atoms with E-state index >= 15 is 0 Å². The summed E-state index contributed by atoms with van der Waals surface area (Å²) in [4.78, 5) is 12.4. The molecule has 3 rings (SSSR count). The Morgan fingerprint density at radius 3 is 2.31 bits per heavy atom. The molecule has 0 aliphatic carbocycles. The number of hydrogen-bond acceptors (Lipinski definition) is 5. The number of amides is 1. The first kappa shape index (κ1) is 23.1. The maximum absolute atomic E-state index is 12.7. The van der Waals surface area contributed by atoms with Crippen LogP contribution in [0.5, 0.6) is 11.5 Å². The number of benzene rings is 3. The summed E-state index contributed by atoms with van der Waals surface area (Å²) in [5.74, 6) is 0.650. The van der Waals surface area contributed by atoms with E-state index in [9.17, 15) is 13.2 Å². The fourth-order valence-corrected chi connectivity index (χ4v) is 4.11. The second kappa shape index (κ2) is 10.2. The van der Waals surface area contributed by atoms with Gasteiger partial charge in [0.25, 0.3) is 15.9 Å². The molecule has 3 aromatic rings. The van der Waals surface area contributed by atoms with E-state index in [0.29, 0.717) is 35.0 Å². The third-order valence-corrected chi connectivity index (χ3v) is 5.96. The Morgan fingerprint density at radius 1 is 0.906 bits per heavy atom. The largest absolute Gasteiger partial charge is 0.492 e. The van der Waals surface area contributed by atoms with Crippen molar-refractivity contribution in [3.8, 4) is 11.5 Å². The lowest BCUT2D eigenvalue weighted by atomic mass is 10.2. The van der Waals surface area contributed by atoms with Crippen LogP contribution in [0.15, 0.2) is 71.6 Å². The Labute approximate surface area is 188 Å². The zero-order chi connectivity index (χ0) is 23.1. The third-order valence-electron chi connectivity index (χ3n) is 4.58. The van der Waals surface area contributed by atoms with E-state index in [0.717, 1.165) is 5.56 Å². The van der Waals surface area contributed by atoms with Gasteiger partial charge in [-0.1, -0.05) is 29.8 Å². The second-order valence-corrected chi connectivity index (χ2v) is 8.85. The Hall–Kier alpha value is -3.52. The van der Waals surface area contributed by atoms with Gasteiger partial charge in [-0.15, -0.1) is 0 Å². The molecule has 0 unspecified atom stereocenters. The molecule has 7 nitrogen and oxygen atoms in total. The van der Waals surface area contributed by atoms with Gasteiger partial charge in [0, 0.05) is 5.69 Å². The summed E-state index contributed by atoms with van der Waals surface area (Å²) in [5.41, 5.74) is 2.68. The van der Waals surface area contributed by atoms with Gasteiger partial charge in [-0.05, 0) is 68.8 Å². The van der Waals surface area contributed by atoms with Gasteiger partial charge in [0.1, 0.15) is 11.5 Å². The molecule has 0 saturated heterocycles. The number of hydrogen-bond donors (Lipinski definition) is 2. The van der Waals surface area contributed by atoms with Crippen LogP contribution in [0.4, 0.5) is 11.4 Å². The summed E-state index contributed by atoms with van der Waals surface area (Å²) < 4.78 is 39.0. The highest BCUT2D eigenvalue weighted by Gasteiger charge is 2.16. The molecule has 8 heteroatoms. The fourth-order valence-electron chi connectivity index (χ4n) is 2.97.